The number of rotatable bonds is 7. The van der Waals surface area contributed by atoms with Gasteiger partial charge in [0.1, 0.15) is 4.90 Å². The molecular formula is C21H24ClN3O5S. The number of sulfonamides is 1. The third-order valence-corrected chi connectivity index (χ3v) is 7.23. The lowest BCUT2D eigenvalue weighted by molar-refractivity contribution is -0.119. The number of nitrogens with one attached hydrogen (secondary N) is 1. The molecule has 10 heteroatoms. The molecule has 166 valence electrons. The van der Waals surface area contributed by atoms with Crippen LogP contribution >= 0.6 is 11.6 Å². The summed E-state index contributed by atoms with van der Waals surface area (Å²) in [6.45, 7) is 0.331. The van der Waals surface area contributed by atoms with Gasteiger partial charge in [-0.2, -0.15) is 4.31 Å². The van der Waals surface area contributed by atoms with Gasteiger partial charge in [0.05, 0.1) is 10.6 Å². The molecule has 2 aromatic rings. The Morgan fingerprint density at radius 3 is 2.35 bits per heavy atom. The van der Waals surface area contributed by atoms with Gasteiger partial charge >= 0.3 is 5.97 Å². The molecule has 1 aliphatic rings. The van der Waals surface area contributed by atoms with Crippen LogP contribution in [-0.4, -0.2) is 58.4 Å². The lowest BCUT2D eigenvalue weighted by Gasteiger charge is -2.17. The van der Waals surface area contributed by atoms with Crippen LogP contribution in [0.3, 0.4) is 0 Å². The molecule has 31 heavy (non-hydrogen) atoms. The number of carbonyl (C=O) groups is 2. The number of benzene rings is 2. The Labute approximate surface area is 186 Å². The van der Waals surface area contributed by atoms with Crippen molar-refractivity contribution in [3.63, 3.8) is 0 Å². The molecule has 0 saturated carbocycles. The second-order valence-electron chi connectivity index (χ2n) is 7.32. The number of nitrogens with zero attached hydrogens (tertiary/aromatic N) is 2. The maximum atomic E-state index is 12.8. The molecule has 3 rings (SSSR count). The molecule has 1 fully saturated rings. The first kappa shape index (κ1) is 23.1. The second kappa shape index (κ2) is 9.67. The summed E-state index contributed by atoms with van der Waals surface area (Å²) in [6.07, 6.45) is 1.57. The third-order valence-electron chi connectivity index (χ3n) is 4.85. The summed E-state index contributed by atoms with van der Waals surface area (Å²) in [4.78, 5) is 26.3. The zero-order valence-corrected chi connectivity index (χ0v) is 18.9. The molecule has 0 atom stereocenters. The summed E-state index contributed by atoms with van der Waals surface area (Å²) in [5, 5.41) is 2.67. The fourth-order valence-electron chi connectivity index (χ4n) is 3.15. The Morgan fingerprint density at radius 2 is 1.74 bits per heavy atom. The van der Waals surface area contributed by atoms with Crippen LogP contribution < -0.4 is 10.2 Å². The molecule has 1 aliphatic heterocycles. The predicted molar refractivity (Wildman–Crippen MR) is 119 cm³/mol. The molecule has 0 unspecified atom stereocenters. The maximum absolute atomic E-state index is 12.8. The van der Waals surface area contributed by atoms with Crippen LogP contribution in [0.2, 0.25) is 5.02 Å². The van der Waals surface area contributed by atoms with E-state index >= 15 is 0 Å². The van der Waals surface area contributed by atoms with Gasteiger partial charge in [-0.15, -0.1) is 0 Å². The Balaban J connectivity index is 1.63. The summed E-state index contributed by atoms with van der Waals surface area (Å²) < 4.78 is 32.0. The number of hydrogen-bond acceptors (Lipinski definition) is 6. The van der Waals surface area contributed by atoms with E-state index in [-0.39, 0.29) is 15.5 Å². The van der Waals surface area contributed by atoms with Gasteiger partial charge in [0.15, 0.2) is 6.61 Å². The molecular weight excluding hydrogens is 442 g/mol. The largest absolute Gasteiger partial charge is 0.452 e. The van der Waals surface area contributed by atoms with Crippen LogP contribution in [0.4, 0.5) is 11.4 Å². The molecule has 0 aliphatic carbocycles. The van der Waals surface area contributed by atoms with Gasteiger partial charge in [-0.05, 0) is 55.3 Å². The topological polar surface area (TPSA) is 96.0 Å². The maximum Gasteiger partial charge on any atom is 0.338 e. The molecule has 0 aromatic heterocycles. The van der Waals surface area contributed by atoms with Crippen LogP contribution in [0.25, 0.3) is 0 Å². The smallest absolute Gasteiger partial charge is 0.338 e. The Hall–Kier alpha value is -2.62. The fourth-order valence-corrected chi connectivity index (χ4v) is 5.17. The van der Waals surface area contributed by atoms with Gasteiger partial charge in [0.2, 0.25) is 10.0 Å². The Morgan fingerprint density at radius 1 is 1.10 bits per heavy atom. The summed E-state index contributed by atoms with van der Waals surface area (Å²) in [7, 11) is 0.0204. The van der Waals surface area contributed by atoms with Crippen molar-refractivity contribution >= 4 is 44.9 Å². The quantitative estimate of drug-likeness (QED) is 0.631. The van der Waals surface area contributed by atoms with E-state index in [0.29, 0.717) is 18.8 Å². The van der Waals surface area contributed by atoms with Gasteiger partial charge in [-0.3, -0.25) is 4.79 Å². The van der Waals surface area contributed by atoms with Crippen LogP contribution in [-0.2, 0) is 19.6 Å². The fraction of sp³-hybridized carbons (Fsp3) is 0.333. The van der Waals surface area contributed by atoms with E-state index in [1.54, 1.807) is 12.1 Å². The lowest BCUT2D eigenvalue weighted by atomic mass is 10.2. The van der Waals surface area contributed by atoms with Crippen LogP contribution in [0.15, 0.2) is 47.4 Å². The zero-order chi connectivity index (χ0) is 22.6. The number of amides is 1. The normalized spacial score (nSPS) is 14.3. The molecule has 2 aromatic carbocycles. The minimum absolute atomic E-state index is 0.00491. The summed E-state index contributed by atoms with van der Waals surface area (Å²) in [5.74, 6) is -1.32. The number of ether oxygens (including phenoxy) is 1. The van der Waals surface area contributed by atoms with Crippen LogP contribution in [0, 0.1) is 0 Å². The van der Waals surface area contributed by atoms with Crippen molar-refractivity contribution < 1.29 is 22.7 Å². The minimum Gasteiger partial charge on any atom is -0.452 e. The third kappa shape index (κ3) is 5.55. The Bertz CT molecular complexity index is 1060. The average Bonchev–Trinajstić information content (AvgIpc) is 3.28. The van der Waals surface area contributed by atoms with Crippen LogP contribution in [0.5, 0.6) is 0 Å². The van der Waals surface area contributed by atoms with Crippen molar-refractivity contribution in [1.29, 1.82) is 0 Å². The SMILES string of the molecule is CN(C)c1ccc(NC(=O)COC(=O)c2ccc(Cl)c(S(=O)(=O)N3CCCC3)c2)cc1. The summed E-state index contributed by atoms with van der Waals surface area (Å²) >= 11 is 6.09. The number of anilines is 2. The van der Waals surface area contributed by atoms with Crippen molar-refractivity contribution in [3.8, 4) is 0 Å². The van der Waals surface area contributed by atoms with Crippen molar-refractivity contribution in [2.24, 2.45) is 0 Å². The first-order valence-electron chi connectivity index (χ1n) is 9.72. The molecule has 0 radical (unpaired) electrons. The van der Waals surface area contributed by atoms with E-state index in [2.05, 4.69) is 5.32 Å². The standard InChI is InChI=1S/C21H24ClN3O5S/c1-24(2)17-8-6-16(7-9-17)23-20(26)14-30-21(27)15-5-10-18(22)19(13-15)31(28,29)25-11-3-4-12-25/h5-10,13H,3-4,11-12,14H2,1-2H3,(H,23,26). The summed E-state index contributed by atoms with van der Waals surface area (Å²) in [6, 6.07) is 11.1. The lowest BCUT2D eigenvalue weighted by Crippen LogP contribution is -2.28. The van der Waals surface area contributed by atoms with E-state index < -0.39 is 28.5 Å². The Kier molecular flexibility index (Phi) is 7.19. The minimum atomic E-state index is -3.80. The first-order chi connectivity index (χ1) is 14.7. The highest BCUT2D eigenvalue weighted by molar-refractivity contribution is 7.89. The zero-order valence-electron chi connectivity index (χ0n) is 17.3. The molecule has 0 bridgehead atoms. The molecule has 1 amide bonds. The first-order valence-corrected chi connectivity index (χ1v) is 11.5. The molecule has 1 saturated heterocycles. The monoisotopic (exact) mass is 465 g/mol. The highest BCUT2D eigenvalue weighted by Gasteiger charge is 2.30. The van der Waals surface area contributed by atoms with E-state index in [0.717, 1.165) is 18.5 Å². The van der Waals surface area contributed by atoms with Gasteiger partial charge in [0.25, 0.3) is 5.91 Å². The number of esters is 1. The van der Waals surface area contributed by atoms with Crippen LogP contribution in [0.1, 0.15) is 23.2 Å². The predicted octanol–water partition coefficient (Wildman–Crippen LogP) is 2.99. The van der Waals surface area contributed by atoms with Crippen molar-refractivity contribution in [2.75, 3.05) is 44.0 Å². The number of carbonyl (C=O) groups excluding carboxylic acids is 2. The number of halogens is 1. The van der Waals surface area contributed by atoms with Crippen molar-refractivity contribution in [3.05, 3.63) is 53.1 Å². The van der Waals surface area contributed by atoms with Crippen molar-refractivity contribution in [2.45, 2.75) is 17.7 Å². The van der Waals surface area contributed by atoms with Crippen molar-refractivity contribution in [1.82, 2.24) is 4.31 Å². The highest BCUT2D eigenvalue weighted by Crippen LogP contribution is 2.28. The number of hydrogen-bond donors (Lipinski definition) is 1. The molecule has 1 N–H and O–H groups in total. The van der Waals surface area contributed by atoms with E-state index in [1.807, 2.05) is 31.1 Å². The second-order valence-corrected chi connectivity index (χ2v) is 9.64. The van der Waals surface area contributed by atoms with E-state index in [9.17, 15) is 18.0 Å². The summed E-state index contributed by atoms with van der Waals surface area (Å²) in [5.41, 5.74) is 1.55. The molecule has 8 nitrogen and oxygen atoms in total. The van der Waals surface area contributed by atoms with Gasteiger partial charge in [-0.1, -0.05) is 11.6 Å². The van der Waals surface area contributed by atoms with E-state index in [4.69, 9.17) is 16.3 Å². The van der Waals surface area contributed by atoms with Gasteiger partial charge < -0.3 is 15.0 Å². The molecule has 0 spiro atoms. The molecule has 1 heterocycles. The van der Waals surface area contributed by atoms with Gasteiger partial charge in [0, 0.05) is 38.6 Å². The van der Waals surface area contributed by atoms with Gasteiger partial charge in [-0.25, -0.2) is 13.2 Å². The highest BCUT2D eigenvalue weighted by atomic mass is 35.5. The average molecular weight is 466 g/mol. The van der Waals surface area contributed by atoms with E-state index in [1.165, 1.54) is 22.5 Å².